The number of rotatable bonds is 23. The van der Waals surface area contributed by atoms with Crippen molar-refractivity contribution in [3.63, 3.8) is 0 Å². The minimum atomic E-state index is -6.13. The third kappa shape index (κ3) is 16.8. The standard InChI is InChI=1S/C31H48N2O35S4/c1-4-5-57-28-12(32-8(2)34)21(19(67-71(51,52)53)10(60-28)6-58-69(45,46)47)62-31-18(40)16(38)23(25(66-31)27(43)44)64-29-13(33-9(3)35)22(63-30-17(39)14(36)15(37)24(65-30)26(41)42)20(68-72(54,55)56)11(61-29)7-59-70(48,49)50/h4,10-25,28-31,36-40H,1,5-7H2,2-3H3,(H,32,34)(H,33,35)(H,41,42)(H,43,44)(H,45,46,47)(H,48,49,50)(H,51,52,53)(H,54,55,56)/p-6/t10?,11?,12?,13?,14?,15?,16-,17?,18?,19+,20+,21-,22-,23-,24?,25?,28-,29+,30-,31-/m1/s1. The molecule has 2 amide bonds. The molecule has 0 aliphatic carbocycles. The zero-order chi connectivity index (χ0) is 54.6. The molecule has 0 aromatic heterocycles. The second kappa shape index (κ2) is 24.5. The van der Waals surface area contributed by atoms with E-state index in [-0.39, 0.29) is 0 Å². The van der Waals surface area contributed by atoms with E-state index in [0.717, 1.165) is 13.0 Å². The van der Waals surface area contributed by atoms with E-state index in [4.69, 9.17) is 37.9 Å². The lowest BCUT2D eigenvalue weighted by atomic mass is 9.94. The summed E-state index contributed by atoms with van der Waals surface area (Å²) in [6.07, 6.45) is -45.9. The number of amides is 2. The Bertz CT molecular complexity index is 2390. The van der Waals surface area contributed by atoms with Gasteiger partial charge in [-0.15, -0.1) is 6.58 Å². The molecule has 4 fully saturated rings. The number of nitrogens with one attached hydrogen (secondary N) is 2. The van der Waals surface area contributed by atoms with Gasteiger partial charge in [0.25, 0.3) is 0 Å². The SMILES string of the molecule is C=CCO[C@@H]1OC(COS(=O)(=O)[O-])[C@H](OS(=O)(=O)[O-])[C@H](O[C@@H]2OC(C(=O)[O-])[C@H](O[C@@H]3OC(COS(=O)(=O)[O-])[C@H](OS(=O)(=O)[O-])[C@H](O[C@@H]4OC(C(=O)[O-])C(O)C(O)C4O)C3NC(C)=O)[C@H](O)C2O)C1NC(C)=O. The third-order valence-corrected chi connectivity index (χ3v) is 11.8. The Morgan fingerprint density at radius 1 is 0.528 bits per heavy atom. The highest BCUT2D eigenvalue weighted by Gasteiger charge is 2.58. The van der Waals surface area contributed by atoms with Crippen molar-refractivity contribution in [2.24, 2.45) is 0 Å². The Morgan fingerprint density at radius 2 is 0.917 bits per heavy atom. The fourth-order valence-corrected chi connectivity index (χ4v) is 8.92. The maximum absolute atomic E-state index is 12.8. The van der Waals surface area contributed by atoms with E-state index in [2.05, 4.69) is 28.6 Å². The first kappa shape index (κ1) is 61.1. The third-order valence-electron chi connectivity index (χ3n) is 10.1. The molecule has 20 atom stereocenters. The maximum atomic E-state index is 12.8. The van der Waals surface area contributed by atoms with Crippen LogP contribution < -0.4 is 20.8 Å². The molecular formula is C31H42N2O35S4-6. The molecule has 4 aliphatic rings. The molecular weight excluding hydrogens is 1090 g/mol. The van der Waals surface area contributed by atoms with Gasteiger partial charge in [0.05, 0.1) is 31.8 Å². The van der Waals surface area contributed by atoms with Crippen LogP contribution in [0, 0.1) is 0 Å². The van der Waals surface area contributed by atoms with Crippen molar-refractivity contribution in [1.82, 2.24) is 10.6 Å². The molecule has 37 nitrogen and oxygen atoms in total. The molecule has 416 valence electrons. The van der Waals surface area contributed by atoms with Crippen LogP contribution in [0.1, 0.15) is 13.8 Å². The molecule has 4 aliphatic heterocycles. The fourth-order valence-electron chi connectivity index (χ4n) is 7.31. The van der Waals surface area contributed by atoms with E-state index in [0.29, 0.717) is 6.92 Å². The summed E-state index contributed by atoms with van der Waals surface area (Å²) in [5.41, 5.74) is 0. The summed E-state index contributed by atoms with van der Waals surface area (Å²) in [7, 11) is -23.7. The van der Waals surface area contributed by atoms with Gasteiger partial charge in [-0.25, -0.2) is 33.7 Å². The van der Waals surface area contributed by atoms with E-state index >= 15 is 0 Å². The lowest BCUT2D eigenvalue weighted by Gasteiger charge is -2.51. The second-order valence-electron chi connectivity index (χ2n) is 15.2. The van der Waals surface area contributed by atoms with Crippen LogP contribution in [0.2, 0.25) is 0 Å². The van der Waals surface area contributed by atoms with Gasteiger partial charge in [0, 0.05) is 13.8 Å². The van der Waals surface area contributed by atoms with Crippen molar-refractivity contribution in [2.75, 3.05) is 19.8 Å². The highest BCUT2D eigenvalue weighted by Crippen LogP contribution is 2.37. The van der Waals surface area contributed by atoms with Gasteiger partial charge < -0.3 is 112 Å². The summed E-state index contributed by atoms with van der Waals surface area (Å²) in [6.45, 7) is 1.09. The number of carboxylic acids is 2. The highest BCUT2D eigenvalue weighted by atomic mass is 32.3. The van der Waals surface area contributed by atoms with Crippen LogP contribution in [-0.2, 0) is 115 Å². The lowest BCUT2D eigenvalue weighted by molar-refractivity contribution is -0.385. The topological polar surface area (TPSA) is 579 Å². The van der Waals surface area contributed by atoms with Gasteiger partial charge in [-0.05, 0) is 0 Å². The zero-order valence-corrected chi connectivity index (χ0v) is 39.3. The molecule has 0 spiro atoms. The lowest BCUT2D eigenvalue weighted by Crippen LogP contribution is -2.72. The van der Waals surface area contributed by atoms with Crippen molar-refractivity contribution < 1.29 is 161 Å². The van der Waals surface area contributed by atoms with Gasteiger partial charge in [-0.1, -0.05) is 6.08 Å². The number of ether oxygens (including phenoxy) is 8. The van der Waals surface area contributed by atoms with Gasteiger partial charge in [-0.3, -0.25) is 26.3 Å². The number of carboxylic acid groups (broad SMARTS) is 2. The molecule has 4 rings (SSSR count). The fraction of sp³-hybridized carbons (Fsp3) is 0.806. The molecule has 0 aromatic carbocycles. The summed E-state index contributed by atoms with van der Waals surface area (Å²) < 4.78 is 201. The molecule has 10 unspecified atom stereocenters. The number of hydrogen-bond donors (Lipinski definition) is 7. The van der Waals surface area contributed by atoms with Gasteiger partial charge in [-0.2, -0.15) is 0 Å². The molecule has 4 saturated heterocycles. The minimum absolute atomic E-state index is 0.521. The average molecular weight is 1130 g/mol. The summed E-state index contributed by atoms with van der Waals surface area (Å²) in [5, 5.41) is 82.8. The van der Waals surface area contributed by atoms with Crippen LogP contribution in [0.3, 0.4) is 0 Å². The van der Waals surface area contributed by atoms with Crippen LogP contribution in [0.4, 0.5) is 0 Å². The zero-order valence-electron chi connectivity index (χ0n) is 36.1. The quantitative estimate of drug-likeness (QED) is 0.0284. The van der Waals surface area contributed by atoms with E-state index in [1.165, 1.54) is 0 Å². The average Bonchev–Trinajstić information content (AvgIpc) is 3.22. The Balaban J connectivity index is 1.83. The minimum Gasteiger partial charge on any atom is -0.726 e. The Hall–Kier alpha value is -3.42. The number of aliphatic carboxylic acids is 2. The van der Waals surface area contributed by atoms with Gasteiger partial charge >= 0.3 is 0 Å². The van der Waals surface area contributed by atoms with Gasteiger partial charge in [0.1, 0.15) is 97.5 Å². The molecule has 41 heteroatoms. The van der Waals surface area contributed by atoms with Crippen LogP contribution in [0.25, 0.3) is 0 Å². The summed E-state index contributed by atoms with van der Waals surface area (Å²) in [5.74, 6) is -7.08. The first-order chi connectivity index (χ1) is 33.0. The summed E-state index contributed by atoms with van der Waals surface area (Å²) in [6, 6.07) is -4.46. The van der Waals surface area contributed by atoms with Gasteiger partial charge in [0.15, 0.2) is 25.2 Å². The Labute approximate surface area is 405 Å². The predicted molar refractivity (Wildman–Crippen MR) is 201 cm³/mol. The van der Waals surface area contributed by atoms with E-state index in [1.54, 1.807) is 0 Å². The predicted octanol–water partition coefficient (Wildman–Crippen LogP) is -12.8. The number of carbonyl (C=O) groups excluding carboxylic acids is 4. The highest BCUT2D eigenvalue weighted by molar-refractivity contribution is 7.81. The number of aliphatic hydroxyl groups excluding tert-OH is 5. The molecule has 0 radical (unpaired) electrons. The van der Waals surface area contributed by atoms with E-state index in [9.17, 15) is 107 Å². The van der Waals surface area contributed by atoms with E-state index in [1.807, 2.05) is 5.32 Å². The largest absolute Gasteiger partial charge is 0.726 e. The van der Waals surface area contributed by atoms with Crippen LogP contribution in [-0.4, -0.2) is 244 Å². The maximum Gasteiger partial charge on any atom is 0.218 e. The Morgan fingerprint density at radius 3 is 1.31 bits per heavy atom. The Kier molecular flexibility index (Phi) is 20.8. The molecule has 0 saturated carbocycles. The summed E-state index contributed by atoms with van der Waals surface area (Å²) >= 11 is 0. The van der Waals surface area contributed by atoms with Crippen LogP contribution in [0.15, 0.2) is 12.7 Å². The van der Waals surface area contributed by atoms with Crippen molar-refractivity contribution in [2.45, 2.75) is 137 Å². The summed E-state index contributed by atoms with van der Waals surface area (Å²) in [4.78, 5) is 49.6. The van der Waals surface area contributed by atoms with E-state index < -0.39 is 208 Å². The monoisotopic (exact) mass is 1130 g/mol. The van der Waals surface area contributed by atoms with Crippen LogP contribution in [0.5, 0.6) is 0 Å². The van der Waals surface area contributed by atoms with Crippen molar-refractivity contribution in [3.8, 4) is 0 Å². The van der Waals surface area contributed by atoms with Crippen LogP contribution >= 0.6 is 0 Å². The molecule has 0 aromatic rings. The first-order valence-corrected chi connectivity index (χ1v) is 25.0. The second-order valence-corrected chi connectivity index (χ2v) is 19.3. The smallest absolute Gasteiger partial charge is 0.218 e. The molecule has 7 N–H and O–H groups in total. The van der Waals surface area contributed by atoms with Crippen molar-refractivity contribution in [3.05, 3.63) is 12.7 Å². The molecule has 4 heterocycles. The normalized spacial score (nSPS) is 38.0. The number of carbonyl (C=O) groups is 4. The van der Waals surface area contributed by atoms with Crippen molar-refractivity contribution >= 4 is 65.3 Å². The number of hydrogen-bond acceptors (Lipinski definition) is 35. The first-order valence-electron chi connectivity index (χ1n) is 19.7. The molecule has 72 heavy (non-hydrogen) atoms. The number of aliphatic hydroxyl groups is 5. The van der Waals surface area contributed by atoms with Crippen molar-refractivity contribution in [1.29, 1.82) is 0 Å². The molecule has 0 bridgehead atoms. The van der Waals surface area contributed by atoms with Gasteiger partial charge in [0.2, 0.25) is 53.4 Å².